The molecule has 1 aromatic heterocycles. The second-order valence-electron chi connectivity index (χ2n) is 3.02. The van der Waals surface area contributed by atoms with E-state index >= 15 is 0 Å². The Balaban J connectivity index is 2.18. The molecular weight excluding hydrogens is 210 g/mol. The first-order chi connectivity index (χ1) is 7.29. The van der Waals surface area contributed by atoms with Gasteiger partial charge >= 0.3 is 6.01 Å². The molecule has 1 heterocycles. The summed E-state index contributed by atoms with van der Waals surface area (Å²) in [5, 5.41) is 11.4. The number of para-hydroxylation sites is 1. The van der Waals surface area contributed by atoms with Crippen LogP contribution < -0.4 is 5.32 Å². The van der Waals surface area contributed by atoms with Crippen LogP contribution >= 0.6 is 11.8 Å². The molecule has 0 radical (unpaired) electrons. The van der Waals surface area contributed by atoms with Gasteiger partial charge < -0.3 is 9.73 Å². The number of anilines is 2. The van der Waals surface area contributed by atoms with Crippen molar-refractivity contribution in [1.82, 2.24) is 10.2 Å². The molecule has 1 aromatic carbocycles. The second-order valence-corrected chi connectivity index (χ2v) is 3.77. The molecule has 2 aromatic rings. The molecule has 0 saturated heterocycles. The molecule has 0 saturated carbocycles. The molecular formula is C10H11N3OS. The summed E-state index contributed by atoms with van der Waals surface area (Å²) in [6, 6.07) is 8.36. The molecule has 2 rings (SSSR count). The summed E-state index contributed by atoms with van der Waals surface area (Å²) in [4.78, 5) is 0. The second kappa shape index (κ2) is 4.35. The van der Waals surface area contributed by atoms with Crippen molar-refractivity contribution in [1.29, 1.82) is 0 Å². The van der Waals surface area contributed by atoms with Gasteiger partial charge in [-0.05, 0) is 24.8 Å². The van der Waals surface area contributed by atoms with E-state index < -0.39 is 0 Å². The molecule has 0 bridgehead atoms. The third-order valence-corrected chi connectivity index (χ3v) is 2.48. The number of nitrogens with one attached hydrogen (secondary N) is 1. The third kappa shape index (κ3) is 2.30. The van der Waals surface area contributed by atoms with E-state index in [4.69, 9.17) is 4.42 Å². The highest BCUT2D eigenvalue weighted by molar-refractivity contribution is 7.98. The molecule has 78 valence electrons. The van der Waals surface area contributed by atoms with E-state index in [0.29, 0.717) is 11.2 Å². The summed E-state index contributed by atoms with van der Waals surface area (Å²) in [5.41, 5.74) is 2.12. The van der Waals surface area contributed by atoms with E-state index in [2.05, 4.69) is 15.5 Å². The summed E-state index contributed by atoms with van der Waals surface area (Å²) >= 11 is 1.42. The summed E-state index contributed by atoms with van der Waals surface area (Å²) in [6.45, 7) is 2.02. The first-order valence-electron chi connectivity index (χ1n) is 4.50. The van der Waals surface area contributed by atoms with Crippen molar-refractivity contribution in [3.8, 4) is 0 Å². The lowest BCUT2D eigenvalue weighted by Gasteiger charge is -2.03. The molecule has 0 spiro atoms. The van der Waals surface area contributed by atoms with Crippen molar-refractivity contribution in [2.24, 2.45) is 0 Å². The zero-order valence-electron chi connectivity index (χ0n) is 8.52. The van der Waals surface area contributed by atoms with Crippen LogP contribution in [-0.2, 0) is 0 Å². The maximum Gasteiger partial charge on any atom is 0.320 e. The van der Waals surface area contributed by atoms with E-state index in [-0.39, 0.29) is 0 Å². The van der Waals surface area contributed by atoms with E-state index in [1.54, 1.807) is 0 Å². The summed E-state index contributed by atoms with van der Waals surface area (Å²) in [7, 11) is 0. The molecule has 0 amide bonds. The lowest BCUT2D eigenvalue weighted by molar-refractivity contribution is 0.469. The quantitative estimate of drug-likeness (QED) is 0.808. The molecule has 0 fully saturated rings. The number of thioether (sulfide) groups is 1. The Kier molecular flexibility index (Phi) is 2.91. The Bertz CT molecular complexity index is 455. The minimum atomic E-state index is 0.425. The Hall–Kier alpha value is -1.49. The van der Waals surface area contributed by atoms with Crippen LogP contribution in [0.2, 0.25) is 0 Å². The number of benzene rings is 1. The van der Waals surface area contributed by atoms with Gasteiger partial charge in [0.15, 0.2) is 0 Å². The Morgan fingerprint density at radius 3 is 2.73 bits per heavy atom. The zero-order chi connectivity index (χ0) is 10.7. The Morgan fingerprint density at radius 1 is 1.27 bits per heavy atom. The minimum absolute atomic E-state index is 0.425. The molecule has 0 aliphatic carbocycles. The monoisotopic (exact) mass is 221 g/mol. The van der Waals surface area contributed by atoms with Crippen LogP contribution in [0.5, 0.6) is 0 Å². The molecule has 4 nitrogen and oxygen atoms in total. The predicted molar refractivity (Wildman–Crippen MR) is 60.5 cm³/mol. The van der Waals surface area contributed by atoms with E-state index in [1.807, 2.05) is 37.4 Å². The lowest BCUT2D eigenvalue weighted by Crippen LogP contribution is -1.92. The van der Waals surface area contributed by atoms with Crippen molar-refractivity contribution >= 4 is 23.5 Å². The van der Waals surface area contributed by atoms with Crippen molar-refractivity contribution < 1.29 is 4.42 Å². The average molecular weight is 221 g/mol. The SMILES string of the molecule is CSc1nnc(Nc2ccccc2C)o1. The fraction of sp³-hybridized carbons (Fsp3) is 0.200. The van der Waals surface area contributed by atoms with E-state index in [9.17, 15) is 0 Å². The Labute approximate surface area is 92.1 Å². The molecule has 0 unspecified atom stereocenters. The number of aryl methyl sites for hydroxylation is 1. The van der Waals surface area contributed by atoms with Crippen LogP contribution in [0.25, 0.3) is 0 Å². The van der Waals surface area contributed by atoms with E-state index in [0.717, 1.165) is 11.3 Å². The van der Waals surface area contributed by atoms with Crippen LogP contribution in [-0.4, -0.2) is 16.5 Å². The standard InChI is InChI=1S/C10H11N3OS/c1-7-5-3-4-6-8(7)11-9-12-13-10(14-9)15-2/h3-6H,1-2H3,(H,11,12). The predicted octanol–water partition coefficient (Wildman–Crippen LogP) is 2.84. The molecule has 15 heavy (non-hydrogen) atoms. The number of aromatic nitrogens is 2. The highest BCUT2D eigenvalue weighted by atomic mass is 32.2. The highest BCUT2D eigenvalue weighted by Gasteiger charge is 2.05. The normalized spacial score (nSPS) is 10.3. The van der Waals surface area contributed by atoms with Crippen molar-refractivity contribution in [3.63, 3.8) is 0 Å². The average Bonchev–Trinajstić information content (AvgIpc) is 2.69. The lowest BCUT2D eigenvalue weighted by atomic mass is 10.2. The van der Waals surface area contributed by atoms with Gasteiger partial charge in [-0.1, -0.05) is 40.2 Å². The molecule has 0 atom stereocenters. The third-order valence-electron chi connectivity index (χ3n) is 1.97. The van der Waals surface area contributed by atoms with Gasteiger partial charge in [0.05, 0.1) is 0 Å². The van der Waals surface area contributed by atoms with Gasteiger partial charge in [-0.15, -0.1) is 0 Å². The van der Waals surface area contributed by atoms with Crippen LogP contribution in [0.1, 0.15) is 5.56 Å². The molecule has 5 heteroatoms. The highest BCUT2D eigenvalue weighted by Crippen LogP contribution is 2.21. The smallest absolute Gasteiger partial charge is 0.320 e. The van der Waals surface area contributed by atoms with Crippen molar-refractivity contribution in [3.05, 3.63) is 29.8 Å². The van der Waals surface area contributed by atoms with Gasteiger partial charge in [0.25, 0.3) is 5.22 Å². The van der Waals surface area contributed by atoms with Crippen LogP contribution in [0.3, 0.4) is 0 Å². The first-order valence-corrected chi connectivity index (χ1v) is 5.72. The van der Waals surface area contributed by atoms with Crippen LogP contribution in [0, 0.1) is 6.92 Å². The molecule has 0 aliphatic rings. The zero-order valence-corrected chi connectivity index (χ0v) is 9.34. The van der Waals surface area contributed by atoms with Gasteiger partial charge in [0.2, 0.25) is 0 Å². The number of nitrogens with zero attached hydrogens (tertiary/aromatic N) is 2. The van der Waals surface area contributed by atoms with Gasteiger partial charge in [0.1, 0.15) is 0 Å². The first kappa shape index (κ1) is 10.0. The van der Waals surface area contributed by atoms with Crippen molar-refractivity contribution in [2.75, 3.05) is 11.6 Å². The maximum absolute atomic E-state index is 5.32. The summed E-state index contributed by atoms with van der Waals surface area (Å²) in [5.74, 6) is 0. The van der Waals surface area contributed by atoms with Gasteiger partial charge in [-0.3, -0.25) is 0 Å². The summed E-state index contributed by atoms with van der Waals surface area (Å²) in [6.07, 6.45) is 1.89. The fourth-order valence-corrected chi connectivity index (χ4v) is 1.46. The number of hydrogen-bond acceptors (Lipinski definition) is 5. The molecule has 1 N–H and O–H groups in total. The van der Waals surface area contributed by atoms with Gasteiger partial charge in [-0.25, -0.2) is 0 Å². The summed E-state index contributed by atoms with van der Waals surface area (Å²) < 4.78 is 5.32. The van der Waals surface area contributed by atoms with Crippen LogP contribution in [0.4, 0.5) is 11.7 Å². The van der Waals surface area contributed by atoms with Gasteiger partial charge in [-0.2, -0.15) is 0 Å². The van der Waals surface area contributed by atoms with E-state index in [1.165, 1.54) is 11.8 Å². The number of rotatable bonds is 3. The number of hydrogen-bond donors (Lipinski definition) is 1. The topological polar surface area (TPSA) is 51.0 Å². The fourth-order valence-electron chi connectivity index (χ4n) is 1.17. The Morgan fingerprint density at radius 2 is 2.07 bits per heavy atom. The minimum Gasteiger partial charge on any atom is -0.398 e. The van der Waals surface area contributed by atoms with Crippen molar-refractivity contribution in [2.45, 2.75) is 12.1 Å². The van der Waals surface area contributed by atoms with Crippen LogP contribution in [0.15, 0.2) is 33.9 Å². The maximum atomic E-state index is 5.32. The van der Waals surface area contributed by atoms with Gasteiger partial charge in [0, 0.05) is 5.69 Å². The molecule has 0 aliphatic heterocycles. The largest absolute Gasteiger partial charge is 0.398 e.